The van der Waals surface area contributed by atoms with Gasteiger partial charge in [-0.15, -0.1) is 0 Å². The predicted octanol–water partition coefficient (Wildman–Crippen LogP) is 1.47. The van der Waals surface area contributed by atoms with Crippen molar-refractivity contribution < 1.29 is 18.8 Å². The molecular formula is C18H21N3O4. The molecule has 4 rings (SSSR count). The molecule has 1 amide bonds. The molecule has 0 unspecified atom stereocenters. The fourth-order valence-electron chi connectivity index (χ4n) is 3.19. The molecule has 0 aliphatic carbocycles. The molecular weight excluding hydrogens is 322 g/mol. The number of ether oxygens (including phenoxy) is 2. The van der Waals surface area contributed by atoms with Crippen LogP contribution >= 0.6 is 0 Å². The van der Waals surface area contributed by atoms with Crippen LogP contribution < -0.4 is 9.47 Å². The minimum absolute atomic E-state index is 0.00793. The number of amides is 1. The molecule has 3 heterocycles. The number of benzene rings is 1. The number of carbonyl (C=O) groups excluding carboxylic acids is 1. The van der Waals surface area contributed by atoms with E-state index in [1.807, 2.05) is 42.2 Å². The lowest BCUT2D eigenvalue weighted by atomic mass is 10.2. The normalized spacial score (nSPS) is 20.5. The number of nitrogens with zero attached hydrogens (tertiary/aromatic N) is 3. The van der Waals surface area contributed by atoms with Gasteiger partial charge in [-0.25, -0.2) is 0 Å². The lowest BCUT2D eigenvalue weighted by Crippen LogP contribution is -2.53. The van der Waals surface area contributed by atoms with Crippen molar-refractivity contribution in [1.82, 2.24) is 15.0 Å². The third kappa shape index (κ3) is 3.46. The lowest BCUT2D eigenvalue weighted by molar-refractivity contribution is -0.143. The number of aryl methyl sites for hydroxylation is 1. The second-order valence-electron chi connectivity index (χ2n) is 6.39. The van der Waals surface area contributed by atoms with E-state index in [9.17, 15) is 4.79 Å². The monoisotopic (exact) mass is 343 g/mol. The third-order valence-corrected chi connectivity index (χ3v) is 4.53. The molecule has 25 heavy (non-hydrogen) atoms. The molecule has 1 atom stereocenters. The van der Waals surface area contributed by atoms with Gasteiger partial charge in [0.2, 0.25) is 6.10 Å². The van der Waals surface area contributed by atoms with Gasteiger partial charge in [0.1, 0.15) is 12.4 Å². The Morgan fingerprint density at radius 3 is 2.68 bits per heavy atom. The molecule has 1 aromatic carbocycles. The number of aromatic nitrogens is 1. The Labute approximate surface area is 146 Å². The number of hydrogen-bond donors (Lipinski definition) is 0. The van der Waals surface area contributed by atoms with Crippen molar-refractivity contribution >= 4 is 5.91 Å². The van der Waals surface area contributed by atoms with E-state index in [0.29, 0.717) is 24.6 Å². The number of hydrogen-bond acceptors (Lipinski definition) is 6. The van der Waals surface area contributed by atoms with E-state index in [1.54, 1.807) is 0 Å². The van der Waals surface area contributed by atoms with E-state index in [4.69, 9.17) is 14.0 Å². The van der Waals surface area contributed by atoms with Crippen LogP contribution in [-0.4, -0.2) is 59.8 Å². The van der Waals surface area contributed by atoms with E-state index in [2.05, 4.69) is 10.1 Å². The van der Waals surface area contributed by atoms with Gasteiger partial charge in [0.05, 0.1) is 5.69 Å². The third-order valence-electron chi connectivity index (χ3n) is 4.53. The molecule has 0 radical (unpaired) electrons. The molecule has 1 aromatic heterocycles. The van der Waals surface area contributed by atoms with Gasteiger partial charge in [-0.2, -0.15) is 0 Å². The average Bonchev–Trinajstić information content (AvgIpc) is 3.06. The Kier molecular flexibility index (Phi) is 4.31. The number of carbonyl (C=O) groups is 1. The van der Waals surface area contributed by atoms with Crippen molar-refractivity contribution in [2.24, 2.45) is 0 Å². The van der Waals surface area contributed by atoms with Gasteiger partial charge in [0, 0.05) is 38.8 Å². The highest BCUT2D eigenvalue weighted by Crippen LogP contribution is 2.31. The maximum atomic E-state index is 12.7. The zero-order chi connectivity index (χ0) is 17.2. The van der Waals surface area contributed by atoms with Crippen LogP contribution in [0.4, 0.5) is 0 Å². The van der Waals surface area contributed by atoms with Crippen LogP contribution in [-0.2, 0) is 11.3 Å². The number of rotatable bonds is 3. The fourth-order valence-corrected chi connectivity index (χ4v) is 3.19. The predicted molar refractivity (Wildman–Crippen MR) is 89.5 cm³/mol. The number of para-hydroxylation sites is 2. The summed E-state index contributed by atoms with van der Waals surface area (Å²) in [6.45, 7) is 5.86. The quantitative estimate of drug-likeness (QED) is 0.841. The van der Waals surface area contributed by atoms with Gasteiger partial charge >= 0.3 is 0 Å². The van der Waals surface area contributed by atoms with Crippen LogP contribution in [0, 0.1) is 6.92 Å². The van der Waals surface area contributed by atoms with Crippen molar-refractivity contribution in [3.63, 3.8) is 0 Å². The van der Waals surface area contributed by atoms with Crippen molar-refractivity contribution in [3.8, 4) is 11.5 Å². The van der Waals surface area contributed by atoms with Gasteiger partial charge < -0.3 is 18.9 Å². The molecule has 0 spiro atoms. The summed E-state index contributed by atoms with van der Waals surface area (Å²) in [4.78, 5) is 16.8. The first kappa shape index (κ1) is 16.0. The van der Waals surface area contributed by atoms with E-state index < -0.39 is 6.10 Å². The molecule has 7 heteroatoms. The van der Waals surface area contributed by atoms with Gasteiger partial charge in [0.25, 0.3) is 5.91 Å². The summed E-state index contributed by atoms with van der Waals surface area (Å²) < 4.78 is 16.6. The van der Waals surface area contributed by atoms with Crippen LogP contribution in [0.2, 0.25) is 0 Å². The molecule has 0 saturated carbocycles. The SMILES string of the molecule is Cc1cc(CN2CCN(C(=O)[C@H]3COc4ccccc4O3)CC2)no1. The first-order valence-corrected chi connectivity index (χ1v) is 8.51. The number of piperazine rings is 1. The van der Waals surface area contributed by atoms with Gasteiger partial charge in [-0.05, 0) is 19.1 Å². The molecule has 2 aliphatic heterocycles. The molecule has 2 aromatic rings. The summed E-state index contributed by atoms with van der Waals surface area (Å²) in [7, 11) is 0. The minimum Gasteiger partial charge on any atom is -0.485 e. The summed E-state index contributed by atoms with van der Waals surface area (Å²) in [5, 5.41) is 4.03. The van der Waals surface area contributed by atoms with E-state index in [0.717, 1.165) is 31.1 Å². The molecule has 0 bridgehead atoms. The highest BCUT2D eigenvalue weighted by Gasteiger charge is 2.32. The van der Waals surface area contributed by atoms with Crippen molar-refractivity contribution in [1.29, 1.82) is 0 Å². The maximum absolute atomic E-state index is 12.7. The first-order valence-electron chi connectivity index (χ1n) is 8.51. The van der Waals surface area contributed by atoms with E-state index in [1.165, 1.54) is 0 Å². The second kappa shape index (κ2) is 6.76. The second-order valence-corrected chi connectivity index (χ2v) is 6.39. The summed E-state index contributed by atoms with van der Waals surface area (Å²) in [6, 6.07) is 9.38. The largest absolute Gasteiger partial charge is 0.485 e. The molecule has 0 N–H and O–H groups in total. The van der Waals surface area contributed by atoms with Crippen LogP contribution in [0.3, 0.4) is 0 Å². The summed E-state index contributed by atoms with van der Waals surface area (Å²) in [6.07, 6.45) is -0.570. The highest BCUT2D eigenvalue weighted by atomic mass is 16.6. The van der Waals surface area contributed by atoms with Crippen LogP contribution in [0.25, 0.3) is 0 Å². The number of fused-ring (bicyclic) bond motifs is 1. The summed E-state index contributed by atoms with van der Waals surface area (Å²) in [5.41, 5.74) is 0.929. The first-order chi connectivity index (χ1) is 12.2. The molecule has 1 saturated heterocycles. The van der Waals surface area contributed by atoms with Crippen LogP contribution in [0.1, 0.15) is 11.5 Å². The molecule has 132 valence electrons. The van der Waals surface area contributed by atoms with Crippen molar-refractivity contribution in [2.45, 2.75) is 19.6 Å². The van der Waals surface area contributed by atoms with Gasteiger partial charge in [-0.1, -0.05) is 17.3 Å². The maximum Gasteiger partial charge on any atom is 0.267 e. The Balaban J connectivity index is 1.31. The summed E-state index contributed by atoms with van der Waals surface area (Å²) in [5.74, 6) is 2.14. The van der Waals surface area contributed by atoms with Crippen molar-refractivity contribution in [2.75, 3.05) is 32.8 Å². The lowest BCUT2D eigenvalue weighted by Gasteiger charge is -2.36. The summed E-state index contributed by atoms with van der Waals surface area (Å²) >= 11 is 0. The Morgan fingerprint density at radius 1 is 1.20 bits per heavy atom. The standard InChI is InChI=1S/C18H21N3O4/c1-13-10-14(19-25-13)11-20-6-8-21(9-7-20)18(22)17-12-23-15-4-2-3-5-16(15)24-17/h2-5,10,17H,6-9,11-12H2,1H3/t17-/m1/s1. The average molecular weight is 343 g/mol. The fraction of sp³-hybridized carbons (Fsp3) is 0.444. The van der Waals surface area contributed by atoms with E-state index in [-0.39, 0.29) is 12.5 Å². The van der Waals surface area contributed by atoms with Gasteiger partial charge in [-0.3, -0.25) is 9.69 Å². The zero-order valence-electron chi connectivity index (χ0n) is 14.2. The minimum atomic E-state index is -0.570. The molecule has 2 aliphatic rings. The zero-order valence-corrected chi connectivity index (χ0v) is 14.2. The molecule has 7 nitrogen and oxygen atoms in total. The Morgan fingerprint density at radius 2 is 1.96 bits per heavy atom. The van der Waals surface area contributed by atoms with E-state index >= 15 is 0 Å². The topological polar surface area (TPSA) is 68.0 Å². The van der Waals surface area contributed by atoms with Crippen LogP contribution in [0.15, 0.2) is 34.9 Å². The molecule has 1 fully saturated rings. The smallest absolute Gasteiger partial charge is 0.267 e. The van der Waals surface area contributed by atoms with Crippen LogP contribution in [0.5, 0.6) is 11.5 Å². The Bertz CT molecular complexity index is 752. The van der Waals surface area contributed by atoms with Crippen molar-refractivity contribution in [3.05, 3.63) is 41.8 Å². The Hall–Kier alpha value is -2.54. The highest BCUT2D eigenvalue weighted by molar-refractivity contribution is 5.82. The van der Waals surface area contributed by atoms with Gasteiger partial charge in [0.15, 0.2) is 11.5 Å².